The first-order chi connectivity index (χ1) is 8.11. The molecule has 1 aromatic carbocycles. The molecule has 17 heavy (non-hydrogen) atoms. The number of piperidine rings is 1. The van der Waals surface area contributed by atoms with Gasteiger partial charge in [-0.15, -0.1) is 0 Å². The summed E-state index contributed by atoms with van der Waals surface area (Å²) in [7, 11) is 0. The fraction of sp³-hybridized carbons (Fsp3) is 0.385. The maximum atomic E-state index is 12.0. The summed E-state index contributed by atoms with van der Waals surface area (Å²) in [6.45, 7) is 1.63. The number of rotatable bonds is 2. The van der Waals surface area contributed by atoms with Crippen molar-refractivity contribution >= 4 is 17.5 Å². The molecule has 1 aliphatic heterocycles. The molecule has 0 bridgehead atoms. The van der Waals surface area contributed by atoms with Crippen LogP contribution in [0.15, 0.2) is 24.3 Å². The van der Waals surface area contributed by atoms with Gasteiger partial charge in [0.15, 0.2) is 0 Å². The number of nitrogens with zero attached hydrogens (tertiary/aromatic N) is 1. The predicted molar refractivity (Wildman–Crippen MR) is 61.2 cm³/mol. The molecule has 3 unspecified atom stereocenters. The van der Waals surface area contributed by atoms with Crippen molar-refractivity contribution in [3.63, 3.8) is 0 Å². The highest BCUT2D eigenvalue weighted by atomic mass is 16.3. The molecule has 3 rings (SSSR count). The van der Waals surface area contributed by atoms with Crippen LogP contribution in [0, 0.1) is 11.8 Å². The topological polar surface area (TPSA) is 57.6 Å². The van der Waals surface area contributed by atoms with E-state index in [2.05, 4.69) is 0 Å². The number of hydrogen-bond donors (Lipinski definition) is 1. The summed E-state index contributed by atoms with van der Waals surface area (Å²) in [5.41, 5.74) is 1.15. The number of benzene rings is 1. The largest absolute Gasteiger partial charge is 0.389 e. The molecule has 3 atom stereocenters. The van der Waals surface area contributed by atoms with Crippen LogP contribution in [0.3, 0.4) is 0 Å². The number of para-hydroxylation sites is 1. The number of aliphatic hydroxyl groups excluding tert-OH is 1. The lowest BCUT2D eigenvalue weighted by Crippen LogP contribution is -2.33. The van der Waals surface area contributed by atoms with Crippen LogP contribution in [0.1, 0.15) is 25.0 Å². The van der Waals surface area contributed by atoms with Crippen LogP contribution in [-0.4, -0.2) is 16.9 Å². The fourth-order valence-electron chi connectivity index (χ4n) is 2.46. The van der Waals surface area contributed by atoms with Gasteiger partial charge in [0, 0.05) is 5.56 Å². The van der Waals surface area contributed by atoms with Crippen molar-refractivity contribution in [3.8, 4) is 0 Å². The van der Waals surface area contributed by atoms with E-state index in [1.165, 1.54) is 4.90 Å². The second kappa shape index (κ2) is 3.40. The third-order valence-electron chi connectivity index (χ3n) is 3.49. The molecule has 0 aromatic heterocycles. The number of carbonyl (C=O) groups is 2. The molecule has 0 spiro atoms. The molecule has 1 N–H and O–H groups in total. The molecular formula is C13H13NO3. The van der Waals surface area contributed by atoms with Crippen molar-refractivity contribution in [2.24, 2.45) is 11.8 Å². The SMILES string of the molecule is CC(O)c1ccccc1N1C(=O)C2CC2C1=O. The Morgan fingerprint density at radius 3 is 2.41 bits per heavy atom. The molecule has 4 nitrogen and oxygen atoms in total. The lowest BCUT2D eigenvalue weighted by molar-refractivity contribution is -0.123. The first kappa shape index (κ1) is 10.5. The van der Waals surface area contributed by atoms with Gasteiger partial charge < -0.3 is 5.11 Å². The average Bonchev–Trinajstić information content (AvgIpc) is 3.05. The third kappa shape index (κ3) is 1.41. The molecule has 2 aliphatic rings. The van der Waals surface area contributed by atoms with E-state index in [0.717, 1.165) is 0 Å². The van der Waals surface area contributed by atoms with E-state index in [4.69, 9.17) is 0 Å². The van der Waals surface area contributed by atoms with Crippen LogP contribution in [0.2, 0.25) is 0 Å². The number of hydrogen-bond acceptors (Lipinski definition) is 3. The minimum Gasteiger partial charge on any atom is -0.389 e. The smallest absolute Gasteiger partial charge is 0.237 e. The van der Waals surface area contributed by atoms with Gasteiger partial charge in [-0.25, -0.2) is 4.90 Å². The Bertz CT molecular complexity index is 489. The highest BCUT2D eigenvalue weighted by Gasteiger charge is 2.59. The quantitative estimate of drug-likeness (QED) is 0.779. The maximum Gasteiger partial charge on any atom is 0.237 e. The van der Waals surface area contributed by atoms with Gasteiger partial charge in [-0.1, -0.05) is 18.2 Å². The number of imide groups is 1. The third-order valence-corrected chi connectivity index (χ3v) is 3.49. The molecule has 4 heteroatoms. The van der Waals surface area contributed by atoms with Crippen molar-refractivity contribution in [3.05, 3.63) is 29.8 Å². The molecule has 88 valence electrons. The summed E-state index contributed by atoms with van der Waals surface area (Å²) in [5, 5.41) is 9.67. The van der Waals surface area contributed by atoms with Crippen LogP contribution >= 0.6 is 0 Å². The first-order valence-corrected chi connectivity index (χ1v) is 5.76. The second-order valence-electron chi connectivity index (χ2n) is 4.70. The molecule has 1 saturated carbocycles. The van der Waals surface area contributed by atoms with E-state index in [1.54, 1.807) is 31.2 Å². The van der Waals surface area contributed by atoms with Crippen molar-refractivity contribution in [1.29, 1.82) is 0 Å². The van der Waals surface area contributed by atoms with E-state index < -0.39 is 6.10 Å². The minimum atomic E-state index is -0.691. The summed E-state index contributed by atoms with van der Waals surface area (Å²) in [6.07, 6.45) is 0.00842. The highest BCUT2D eigenvalue weighted by molar-refractivity contribution is 6.25. The van der Waals surface area contributed by atoms with E-state index in [-0.39, 0.29) is 23.7 Å². The van der Waals surface area contributed by atoms with Crippen LogP contribution in [-0.2, 0) is 9.59 Å². The summed E-state index contributed by atoms with van der Waals surface area (Å²) in [6, 6.07) is 7.01. The van der Waals surface area contributed by atoms with Gasteiger partial charge in [0.2, 0.25) is 11.8 Å². The Balaban J connectivity index is 2.05. The Kier molecular flexibility index (Phi) is 2.10. The van der Waals surface area contributed by atoms with Gasteiger partial charge >= 0.3 is 0 Å². The predicted octanol–water partition coefficient (Wildman–Crippen LogP) is 1.25. The fourth-order valence-corrected chi connectivity index (χ4v) is 2.46. The van der Waals surface area contributed by atoms with E-state index in [0.29, 0.717) is 17.7 Å². The Morgan fingerprint density at radius 1 is 1.24 bits per heavy atom. The Hall–Kier alpha value is -1.68. The van der Waals surface area contributed by atoms with E-state index >= 15 is 0 Å². The normalized spacial score (nSPS) is 28.2. The standard InChI is InChI=1S/C13H13NO3/c1-7(15)8-4-2-3-5-11(8)14-12(16)9-6-10(9)13(14)17/h2-5,7,9-10,15H,6H2,1H3. The minimum absolute atomic E-state index is 0.107. The summed E-state index contributed by atoms with van der Waals surface area (Å²) in [4.78, 5) is 25.1. The summed E-state index contributed by atoms with van der Waals surface area (Å²) < 4.78 is 0. The number of fused-ring (bicyclic) bond motifs is 1. The maximum absolute atomic E-state index is 12.0. The molecule has 1 aromatic rings. The molecule has 2 fully saturated rings. The molecule has 1 heterocycles. The lowest BCUT2D eigenvalue weighted by Gasteiger charge is -2.21. The van der Waals surface area contributed by atoms with Crippen molar-refractivity contribution in [1.82, 2.24) is 0 Å². The van der Waals surface area contributed by atoms with Gasteiger partial charge in [-0.3, -0.25) is 9.59 Å². The highest BCUT2D eigenvalue weighted by Crippen LogP contribution is 2.49. The van der Waals surface area contributed by atoms with E-state index in [9.17, 15) is 14.7 Å². The molecular weight excluding hydrogens is 218 g/mol. The Labute approximate surface area is 98.9 Å². The van der Waals surface area contributed by atoms with Gasteiger partial charge in [0.25, 0.3) is 0 Å². The van der Waals surface area contributed by atoms with Gasteiger partial charge in [0.1, 0.15) is 0 Å². The van der Waals surface area contributed by atoms with Crippen LogP contribution < -0.4 is 4.90 Å². The van der Waals surface area contributed by atoms with E-state index in [1.807, 2.05) is 0 Å². The van der Waals surface area contributed by atoms with Gasteiger partial charge in [0.05, 0.1) is 23.6 Å². The molecule has 1 saturated heterocycles. The average molecular weight is 231 g/mol. The zero-order chi connectivity index (χ0) is 12.2. The summed E-state index contributed by atoms with van der Waals surface area (Å²) >= 11 is 0. The van der Waals surface area contributed by atoms with Gasteiger partial charge in [-0.05, 0) is 19.4 Å². The monoisotopic (exact) mass is 231 g/mol. The zero-order valence-corrected chi connectivity index (χ0v) is 9.46. The first-order valence-electron chi connectivity index (χ1n) is 5.76. The zero-order valence-electron chi connectivity index (χ0n) is 9.46. The van der Waals surface area contributed by atoms with Crippen LogP contribution in [0.4, 0.5) is 5.69 Å². The number of aliphatic hydroxyl groups is 1. The van der Waals surface area contributed by atoms with Crippen molar-refractivity contribution in [2.75, 3.05) is 4.90 Å². The molecule has 2 amide bonds. The van der Waals surface area contributed by atoms with Crippen LogP contribution in [0.5, 0.6) is 0 Å². The molecule has 1 aliphatic carbocycles. The van der Waals surface area contributed by atoms with Crippen LogP contribution in [0.25, 0.3) is 0 Å². The number of amides is 2. The summed E-state index contributed by atoms with van der Waals surface area (Å²) in [5.74, 6) is -0.449. The van der Waals surface area contributed by atoms with Gasteiger partial charge in [-0.2, -0.15) is 0 Å². The molecule has 0 radical (unpaired) electrons. The van der Waals surface area contributed by atoms with Crippen molar-refractivity contribution < 1.29 is 14.7 Å². The Morgan fingerprint density at radius 2 is 1.82 bits per heavy atom. The van der Waals surface area contributed by atoms with Crippen molar-refractivity contribution in [2.45, 2.75) is 19.4 Å². The number of carbonyl (C=O) groups excluding carboxylic acids is 2. The lowest BCUT2D eigenvalue weighted by atomic mass is 10.1. The number of anilines is 1. The second-order valence-corrected chi connectivity index (χ2v) is 4.70.